The Labute approximate surface area is 130 Å². The number of carbonyl (C=O) groups is 1. The highest BCUT2D eigenvalue weighted by molar-refractivity contribution is 8.00. The Morgan fingerprint density at radius 3 is 2.71 bits per heavy atom. The van der Waals surface area contributed by atoms with E-state index >= 15 is 0 Å². The van der Waals surface area contributed by atoms with Crippen molar-refractivity contribution >= 4 is 35.8 Å². The lowest BCUT2D eigenvalue weighted by Crippen LogP contribution is -2.45. The van der Waals surface area contributed by atoms with E-state index < -0.39 is 17.5 Å². The van der Waals surface area contributed by atoms with Crippen molar-refractivity contribution in [2.24, 2.45) is 0 Å². The second kappa shape index (κ2) is 7.88. The SMILES string of the molecule is Cl.O=C(Nc1ccccc1SC(F)(F)F)C1CNCCO1. The number of nitrogens with one attached hydrogen (secondary N) is 2. The molecule has 4 nitrogen and oxygen atoms in total. The molecule has 0 saturated carbocycles. The molecule has 0 spiro atoms. The molecule has 0 aromatic heterocycles. The number of halogens is 4. The van der Waals surface area contributed by atoms with E-state index in [0.29, 0.717) is 19.7 Å². The number of ether oxygens (including phenoxy) is 1. The fraction of sp³-hybridized carbons (Fsp3) is 0.417. The van der Waals surface area contributed by atoms with Crippen molar-refractivity contribution in [3.8, 4) is 0 Å². The van der Waals surface area contributed by atoms with Gasteiger partial charge in [-0.1, -0.05) is 12.1 Å². The van der Waals surface area contributed by atoms with Crippen LogP contribution in [0.25, 0.3) is 0 Å². The monoisotopic (exact) mass is 342 g/mol. The van der Waals surface area contributed by atoms with Crippen LogP contribution in [0.3, 0.4) is 0 Å². The third-order valence-corrected chi connectivity index (χ3v) is 3.40. The second-order valence-electron chi connectivity index (χ2n) is 4.10. The lowest BCUT2D eigenvalue weighted by atomic mass is 10.2. The van der Waals surface area contributed by atoms with Crippen molar-refractivity contribution in [3.63, 3.8) is 0 Å². The Balaban J connectivity index is 0.00000220. The van der Waals surface area contributed by atoms with E-state index in [1.807, 2.05) is 0 Å². The third-order valence-electron chi connectivity index (χ3n) is 2.59. The molecule has 1 aliphatic heterocycles. The first-order valence-electron chi connectivity index (χ1n) is 5.94. The number of amides is 1. The Morgan fingerprint density at radius 1 is 1.38 bits per heavy atom. The van der Waals surface area contributed by atoms with Crippen LogP contribution in [0.2, 0.25) is 0 Å². The molecule has 2 rings (SSSR count). The van der Waals surface area contributed by atoms with Gasteiger partial charge in [0.2, 0.25) is 0 Å². The summed E-state index contributed by atoms with van der Waals surface area (Å²) < 4.78 is 42.5. The third kappa shape index (κ3) is 5.74. The quantitative estimate of drug-likeness (QED) is 0.829. The molecule has 1 aromatic carbocycles. The van der Waals surface area contributed by atoms with Crippen molar-refractivity contribution in [2.45, 2.75) is 16.5 Å². The Morgan fingerprint density at radius 2 is 2.10 bits per heavy atom. The summed E-state index contributed by atoms with van der Waals surface area (Å²) in [5.74, 6) is -0.451. The van der Waals surface area contributed by atoms with E-state index in [0.717, 1.165) is 0 Å². The van der Waals surface area contributed by atoms with Gasteiger partial charge in [0.25, 0.3) is 5.91 Å². The lowest BCUT2D eigenvalue weighted by Gasteiger charge is -2.23. The van der Waals surface area contributed by atoms with Crippen molar-refractivity contribution in [1.29, 1.82) is 0 Å². The van der Waals surface area contributed by atoms with Gasteiger partial charge in [-0.05, 0) is 23.9 Å². The van der Waals surface area contributed by atoms with Gasteiger partial charge in [0.1, 0.15) is 6.10 Å². The molecule has 1 atom stereocenters. The molecule has 2 N–H and O–H groups in total. The first-order chi connectivity index (χ1) is 9.46. The highest BCUT2D eigenvalue weighted by Gasteiger charge is 2.31. The first-order valence-corrected chi connectivity index (χ1v) is 6.75. The Kier molecular flexibility index (Phi) is 6.79. The average molecular weight is 343 g/mol. The molecular formula is C12H14ClF3N2O2S. The number of carbonyl (C=O) groups excluding carboxylic acids is 1. The summed E-state index contributed by atoms with van der Waals surface area (Å²) in [5.41, 5.74) is -4.27. The van der Waals surface area contributed by atoms with Crippen LogP contribution in [0.1, 0.15) is 0 Å². The summed E-state index contributed by atoms with van der Waals surface area (Å²) in [6.07, 6.45) is -0.687. The van der Waals surface area contributed by atoms with E-state index in [9.17, 15) is 18.0 Å². The van der Waals surface area contributed by atoms with Gasteiger partial charge in [0.15, 0.2) is 0 Å². The summed E-state index contributed by atoms with van der Waals surface area (Å²) in [4.78, 5) is 11.9. The number of hydrogen-bond donors (Lipinski definition) is 2. The van der Waals surface area contributed by atoms with Gasteiger partial charge < -0.3 is 15.4 Å². The predicted octanol–water partition coefficient (Wildman–Crippen LogP) is 2.65. The highest BCUT2D eigenvalue weighted by Crippen LogP contribution is 2.40. The standard InChI is InChI=1S/C12H13F3N2O2S.ClH/c13-12(14,15)20-10-4-2-1-3-8(10)17-11(18)9-7-16-5-6-19-9;/h1-4,9,16H,5-7H2,(H,17,18);1H. The smallest absolute Gasteiger partial charge is 0.366 e. The summed E-state index contributed by atoms with van der Waals surface area (Å²) in [5, 5.41) is 5.46. The zero-order valence-electron chi connectivity index (χ0n) is 10.8. The number of alkyl halides is 3. The molecule has 1 amide bonds. The van der Waals surface area contributed by atoms with Crippen molar-refractivity contribution in [2.75, 3.05) is 25.0 Å². The average Bonchev–Trinajstić information content (AvgIpc) is 2.40. The van der Waals surface area contributed by atoms with Crippen LogP contribution >= 0.6 is 24.2 Å². The summed E-state index contributed by atoms with van der Waals surface area (Å²) in [6.45, 7) is 1.40. The number of morpholine rings is 1. The highest BCUT2D eigenvalue weighted by atomic mass is 35.5. The molecule has 0 aliphatic carbocycles. The zero-order valence-corrected chi connectivity index (χ0v) is 12.4. The van der Waals surface area contributed by atoms with Crippen LogP contribution in [0.15, 0.2) is 29.2 Å². The molecule has 1 unspecified atom stereocenters. The number of benzene rings is 1. The van der Waals surface area contributed by atoms with Gasteiger partial charge in [0, 0.05) is 18.0 Å². The number of rotatable bonds is 3. The number of hydrogen-bond acceptors (Lipinski definition) is 4. The molecule has 1 heterocycles. The second-order valence-corrected chi connectivity index (χ2v) is 5.20. The van der Waals surface area contributed by atoms with Crippen LogP contribution in [-0.2, 0) is 9.53 Å². The minimum atomic E-state index is -4.40. The van der Waals surface area contributed by atoms with E-state index in [1.54, 1.807) is 6.07 Å². The van der Waals surface area contributed by atoms with Gasteiger partial charge in [-0.2, -0.15) is 13.2 Å². The Hall–Kier alpha value is -0.960. The molecule has 1 saturated heterocycles. The minimum Gasteiger partial charge on any atom is -0.366 e. The Bertz CT molecular complexity index is 482. The maximum atomic E-state index is 12.4. The largest absolute Gasteiger partial charge is 0.446 e. The molecule has 0 radical (unpaired) electrons. The molecule has 118 valence electrons. The number of anilines is 1. The number of thioether (sulfide) groups is 1. The first kappa shape index (κ1) is 18.1. The van der Waals surface area contributed by atoms with E-state index in [1.165, 1.54) is 18.2 Å². The molecule has 1 aliphatic rings. The van der Waals surface area contributed by atoms with E-state index in [4.69, 9.17) is 4.74 Å². The van der Waals surface area contributed by atoms with Crippen LogP contribution in [0, 0.1) is 0 Å². The van der Waals surface area contributed by atoms with Crippen LogP contribution in [0.5, 0.6) is 0 Å². The fourth-order valence-electron chi connectivity index (χ4n) is 1.73. The number of para-hydroxylation sites is 1. The molecule has 1 fully saturated rings. The topological polar surface area (TPSA) is 50.4 Å². The summed E-state index contributed by atoms with van der Waals surface area (Å²) in [6, 6.07) is 5.80. The molecular weight excluding hydrogens is 329 g/mol. The van der Waals surface area contributed by atoms with Crippen LogP contribution in [-0.4, -0.2) is 37.2 Å². The molecule has 1 aromatic rings. The fourth-order valence-corrected chi connectivity index (χ4v) is 2.36. The van der Waals surface area contributed by atoms with Crippen LogP contribution < -0.4 is 10.6 Å². The molecule has 21 heavy (non-hydrogen) atoms. The summed E-state index contributed by atoms with van der Waals surface area (Å²) >= 11 is -0.255. The van der Waals surface area contributed by atoms with Gasteiger partial charge in [-0.3, -0.25) is 4.79 Å². The molecule has 9 heteroatoms. The zero-order chi connectivity index (χ0) is 14.6. The molecule has 0 bridgehead atoms. The van der Waals surface area contributed by atoms with Crippen LogP contribution in [0.4, 0.5) is 18.9 Å². The van der Waals surface area contributed by atoms with Gasteiger partial charge in [-0.25, -0.2) is 0 Å². The van der Waals surface area contributed by atoms with Gasteiger partial charge in [-0.15, -0.1) is 12.4 Å². The summed E-state index contributed by atoms with van der Waals surface area (Å²) in [7, 11) is 0. The lowest BCUT2D eigenvalue weighted by molar-refractivity contribution is -0.128. The minimum absolute atomic E-state index is 0. The van der Waals surface area contributed by atoms with E-state index in [2.05, 4.69) is 10.6 Å². The predicted molar refractivity (Wildman–Crippen MR) is 76.8 cm³/mol. The van der Waals surface area contributed by atoms with Crippen molar-refractivity contribution in [3.05, 3.63) is 24.3 Å². The normalized spacial score (nSPS) is 18.7. The maximum absolute atomic E-state index is 12.4. The van der Waals surface area contributed by atoms with E-state index in [-0.39, 0.29) is 34.8 Å². The van der Waals surface area contributed by atoms with Gasteiger partial charge in [0.05, 0.1) is 12.3 Å². The van der Waals surface area contributed by atoms with Gasteiger partial charge >= 0.3 is 5.51 Å². The maximum Gasteiger partial charge on any atom is 0.446 e. The van der Waals surface area contributed by atoms with Crippen molar-refractivity contribution < 1.29 is 22.7 Å². The van der Waals surface area contributed by atoms with Crippen molar-refractivity contribution in [1.82, 2.24) is 5.32 Å².